The third-order valence-corrected chi connectivity index (χ3v) is 16.5. The summed E-state index contributed by atoms with van der Waals surface area (Å²) in [6, 6.07) is 24.6. The van der Waals surface area contributed by atoms with Crippen LogP contribution in [-0.4, -0.2) is 6.71 Å². The van der Waals surface area contributed by atoms with E-state index < -0.39 is 0 Å². The number of fused-ring (bicyclic) bond motifs is 4. The number of hydrogen-bond donors (Lipinski definition) is 0. The minimum Gasteiger partial charge on any atom is -0.311 e. The Hall–Kier alpha value is -5.80. The molecular formula is C63H71BN2. The van der Waals surface area contributed by atoms with E-state index in [9.17, 15) is 0 Å². The van der Waals surface area contributed by atoms with Gasteiger partial charge in [0.25, 0.3) is 0 Å². The van der Waals surface area contributed by atoms with E-state index >= 15 is 0 Å². The van der Waals surface area contributed by atoms with Gasteiger partial charge in [0.1, 0.15) is 0 Å². The molecule has 2 nitrogen and oxygen atoms in total. The van der Waals surface area contributed by atoms with E-state index in [0.717, 1.165) is 0 Å². The standard InChI is InChI=1S/C63H71BN2/c1-31-21-35(5)55(36(6)22-31)57-51-29-52-54(30-53(51)65(60-39(9)25-33(3)26-40(60)10)62-49(19)45(15)43(13)47(17)56(57)62)66(61-41(11)27-34(4)28-42(61)12)63-50(20)46(16)44(14)48(18)59(63)64(52)58-37(7)23-32(2)24-38(58)8/h21-30,57H,1-20H3. The van der Waals surface area contributed by atoms with Gasteiger partial charge in [-0.1, -0.05) is 99.0 Å². The third-order valence-electron chi connectivity index (χ3n) is 16.5. The molecule has 2 aliphatic heterocycles. The van der Waals surface area contributed by atoms with Gasteiger partial charge in [-0.05, 0) is 244 Å². The average Bonchev–Trinajstić information content (AvgIpc) is 3.22. The Kier molecular flexibility index (Phi) is 11.0. The lowest BCUT2D eigenvalue weighted by Gasteiger charge is -2.46. The number of benzene rings is 7. The highest BCUT2D eigenvalue weighted by molar-refractivity contribution is 6.98. The zero-order valence-corrected chi connectivity index (χ0v) is 43.8. The van der Waals surface area contributed by atoms with Gasteiger partial charge in [0, 0.05) is 17.3 Å². The molecular weight excluding hydrogens is 796 g/mol. The number of aryl methyl sites for hydroxylation is 12. The highest BCUT2D eigenvalue weighted by Crippen LogP contribution is 2.58. The second-order valence-corrected chi connectivity index (χ2v) is 21.2. The molecule has 0 radical (unpaired) electrons. The van der Waals surface area contributed by atoms with Crippen LogP contribution in [0.5, 0.6) is 0 Å². The minimum absolute atomic E-state index is 0.0161. The Labute approximate surface area is 398 Å². The number of nitrogens with zero attached hydrogens (tertiary/aromatic N) is 2. The first kappa shape index (κ1) is 45.4. The SMILES string of the molecule is Cc1cc(C)c(B2c3cc4c(cc3N(c3c(C)cc(C)cc3C)c3c(C)c(C)c(C)c(C)c32)N(c2c(C)cc(C)cc2C)c2c(C)c(C)c(C)c(C)c2C4c2c(C)cc(C)cc2C)c(C)c1. The molecule has 0 bridgehead atoms. The fourth-order valence-corrected chi connectivity index (χ4v) is 13.3. The lowest BCUT2D eigenvalue weighted by atomic mass is 9.32. The van der Waals surface area contributed by atoms with Gasteiger partial charge in [-0.25, -0.2) is 0 Å². The van der Waals surface area contributed by atoms with Crippen LogP contribution in [0.1, 0.15) is 134 Å². The molecule has 0 spiro atoms. The largest absolute Gasteiger partial charge is 0.311 e. The summed E-state index contributed by atoms with van der Waals surface area (Å²) >= 11 is 0. The van der Waals surface area contributed by atoms with Gasteiger partial charge < -0.3 is 9.80 Å². The normalized spacial score (nSPS) is 14.1. The fourth-order valence-electron chi connectivity index (χ4n) is 13.3. The van der Waals surface area contributed by atoms with Gasteiger partial charge in [-0.3, -0.25) is 0 Å². The number of rotatable bonds is 4. The van der Waals surface area contributed by atoms with E-state index in [0.29, 0.717) is 0 Å². The summed E-state index contributed by atoms with van der Waals surface area (Å²) in [5, 5.41) is 0. The van der Waals surface area contributed by atoms with Crippen LogP contribution >= 0.6 is 0 Å². The van der Waals surface area contributed by atoms with Crippen LogP contribution in [0.2, 0.25) is 0 Å². The maximum Gasteiger partial charge on any atom is 0.247 e. The zero-order valence-electron chi connectivity index (χ0n) is 43.8. The Balaban J connectivity index is 1.57. The molecule has 9 rings (SSSR count). The minimum atomic E-state index is 0.0161. The van der Waals surface area contributed by atoms with Gasteiger partial charge in [0.15, 0.2) is 0 Å². The molecule has 0 amide bonds. The summed E-state index contributed by atoms with van der Waals surface area (Å²) in [7, 11) is 0. The Bertz CT molecular complexity index is 2740. The predicted octanol–water partition coefficient (Wildman–Crippen LogP) is 15.1. The molecule has 0 saturated carbocycles. The summed E-state index contributed by atoms with van der Waals surface area (Å²) in [5.41, 5.74) is 43.2. The molecule has 1 atom stereocenters. The summed E-state index contributed by atoms with van der Waals surface area (Å²) in [4.78, 5) is 5.44. The zero-order chi connectivity index (χ0) is 47.9. The monoisotopic (exact) mass is 867 g/mol. The maximum atomic E-state index is 2.72. The van der Waals surface area contributed by atoms with Crippen molar-refractivity contribution >= 4 is 57.2 Å². The molecule has 0 fully saturated rings. The highest BCUT2D eigenvalue weighted by Gasteiger charge is 2.45. The molecule has 7 aromatic carbocycles. The van der Waals surface area contributed by atoms with Crippen molar-refractivity contribution in [2.45, 2.75) is 144 Å². The molecule has 2 aliphatic rings. The predicted molar refractivity (Wildman–Crippen MR) is 289 cm³/mol. The molecule has 0 aliphatic carbocycles. The third kappa shape index (κ3) is 6.57. The lowest BCUT2D eigenvalue weighted by Crippen LogP contribution is -2.60. The molecule has 2 heterocycles. The van der Waals surface area contributed by atoms with Gasteiger partial charge in [-0.2, -0.15) is 0 Å². The molecule has 1 unspecified atom stereocenters. The smallest absolute Gasteiger partial charge is 0.247 e. The van der Waals surface area contributed by atoms with Crippen LogP contribution in [-0.2, 0) is 0 Å². The molecule has 0 N–H and O–H groups in total. The topological polar surface area (TPSA) is 6.48 Å². The van der Waals surface area contributed by atoms with Crippen molar-refractivity contribution in [3.63, 3.8) is 0 Å². The summed E-state index contributed by atoms with van der Waals surface area (Å²) in [5.74, 6) is 0.0161. The summed E-state index contributed by atoms with van der Waals surface area (Å²) < 4.78 is 0. The van der Waals surface area contributed by atoms with E-state index in [1.807, 2.05) is 0 Å². The first-order valence-electron chi connectivity index (χ1n) is 24.3. The van der Waals surface area contributed by atoms with Crippen molar-refractivity contribution < 1.29 is 0 Å². The van der Waals surface area contributed by atoms with Crippen molar-refractivity contribution in [1.82, 2.24) is 0 Å². The van der Waals surface area contributed by atoms with Gasteiger partial charge in [0.05, 0.1) is 22.7 Å². The highest BCUT2D eigenvalue weighted by atomic mass is 15.2. The van der Waals surface area contributed by atoms with Gasteiger partial charge in [0.2, 0.25) is 6.71 Å². The van der Waals surface area contributed by atoms with Crippen LogP contribution < -0.4 is 26.2 Å². The second kappa shape index (κ2) is 15.9. The van der Waals surface area contributed by atoms with E-state index in [-0.39, 0.29) is 12.6 Å². The number of anilines is 6. The average molecular weight is 867 g/mol. The Morgan fingerprint density at radius 2 is 0.682 bits per heavy atom. The van der Waals surface area contributed by atoms with E-state index in [4.69, 9.17) is 0 Å². The fraction of sp³-hybridized carbons (Fsp3) is 0.333. The molecule has 0 aromatic heterocycles. The Morgan fingerprint density at radius 1 is 0.303 bits per heavy atom. The molecule has 66 heavy (non-hydrogen) atoms. The van der Waals surface area contributed by atoms with Gasteiger partial charge in [-0.15, -0.1) is 0 Å². The van der Waals surface area contributed by atoms with E-state index in [1.54, 1.807) is 0 Å². The lowest BCUT2D eigenvalue weighted by molar-refractivity contribution is 0.892. The summed E-state index contributed by atoms with van der Waals surface area (Å²) in [6.45, 7) is 46.7. The Morgan fingerprint density at radius 3 is 1.15 bits per heavy atom. The molecule has 3 heteroatoms. The first-order valence-corrected chi connectivity index (χ1v) is 24.3. The molecule has 336 valence electrons. The maximum absolute atomic E-state index is 2.72. The first-order chi connectivity index (χ1) is 31.0. The molecule has 0 saturated heterocycles. The van der Waals surface area contributed by atoms with Gasteiger partial charge >= 0.3 is 0 Å². The number of hydrogen-bond acceptors (Lipinski definition) is 2. The molecule has 7 aromatic rings. The summed E-state index contributed by atoms with van der Waals surface area (Å²) in [6.07, 6.45) is 0. The van der Waals surface area contributed by atoms with Crippen LogP contribution in [0.15, 0.2) is 60.7 Å². The second-order valence-electron chi connectivity index (χ2n) is 21.2. The van der Waals surface area contributed by atoms with Crippen molar-refractivity contribution in [3.8, 4) is 0 Å². The van der Waals surface area contributed by atoms with Crippen LogP contribution in [0.25, 0.3) is 0 Å². The van der Waals surface area contributed by atoms with Crippen LogP contribution in [0.4, 0.5) is 34.1 Å². The van der Waals surface area contributed by atoms with Crippen molar-refractivity contribution in [1.29, 1.82) is 0 Å². The van der Waals surface area contributed by atoms with Crippen molar-refractivity contribution in [3.05, 3.63) is 189 Å². The van der Waals surface area contributed by atoms with E-state index in [1.165, 1.54) is 178 Å². The van der Waals surface area contributed by atoms with Crippen molar-refractivity contribution in [2.24, 2.45) is 0 Å². The van der Waals surface area contributed by atoms with Crippen molar-refractivity contribution in [2.75, 3.05) is 9.80 Å². The van der Waals surface area contributed by atoms with Crippen LogP contribution in [0.3, 0.4) is 0 Å². The van der Waals surface area contributed by atoms with E-state index in [2.05, 4.69) is 209 Å². The van der Waals surface area contributed by atoms with Crippen LogP contribution in [0, 0.1) is 138 Å². The quantitative estimate of drug-likeness (QED) is 0.163.